The minimum absolute atomic E-state index is 0.387. The van der Waals surface area contributed by atoms with Gasteiger partial charge in [-0.3, -0.25) is 4.98 Å². The average Bonchev–Trinajstić information content (AvgIpc) is 2.38. The molecule has 0 aliphatic heterocycles. The number of rotatable bonds is 7. The molecule has 0 aromatic carbocycles. The first-order chi connectivity index (χ1) is 8.17. The first-order valence-electron chi connectivity index (χ1n) is 6.83. The van der Waals surface area contributed by atoms with E-state index in [4.69, 9.17) is 0 Å². The molecule has 2 heteroatoms. The van der Waals surface area contributed by atoms with Gasteiger partial charge in [0.2, 0.25) is 0 Å². The molecule has 2 unspecified atom stereocenters. The van der Waals surface area contributed by atoms with Gasteiger partial charge in [-0.25, -0.2) is 0 Å². The zero-order valence-electron chi connectivity index (χ0n) is 11.6. The molecule has 1 aromatic rings. The van der Waals surface area contributed by atoms with Crippen LogP contribution in [-0.4, -0.2) is 11.0 Å². The van der Waals surface area contributed by atoms with E-state index in [0.717, 1.165) is 5.92 Å². The minimum atomic E-state index is 0.387. The normalized spacial score (nSPS) is 16.5. The highest BCUT2D eigenvalue weighted by molar-refractivity contribution is 5.12. The summed E-state index contributed by atoms with van der Waals surface area (Å²) in [7, 11) is 0. The van der Waals surface area contributed by atoms with Crippen molar-refractivity contribution in [2.45, 2.75) is 59.0 Å². The molecular formula is C15H26N2. The quantitative estimate of drug-likeness (QED) is 0.772. The summed E-state index contributed by atoms with van der Waals surface area (Å²) >= 11 is 0. The molecule has 0 saturated heterocycles. The fourth-order valence-electron chi connectivity index (χ4n) is 2.09. The summed E-state index contributed by atoms with van der Waals surface area (Å²) in [6.07, 6.45) is 7.49. The fourth-order valence-corrected chi connectivity index (χ4v) is 2.09. The number of nitrogens with zero attached hydrogens (tertiary/aromatic N) is 1. The first-order valence-corrected chi connectivity index (χ1v) is 6.83. The van der Waals surface area contributed by atoms with E-state index in [9.17, 15) is 0 Å². The molecule has 0 radical (unpaired) electrons. The molecule has 17 heavy (non-hydrogen) atoms. The second kappa shape index (κ2) is 7.44. The van der Waals surface area contributed by atoms with Gasteiger partial charge in [0.25, 0.3) is 0 Å². The van der Waals surface area contributed by atoms with Crippen molar-refractivity contribution in [3.05, 3.63) is 30.1 Å². The van der Waals surface area contributed by atoms with Gasteiger partial charge in [-0.2, -0.15) is 0 Å². The monoisotopic (exact) mass is 234 g/mol. The van der Waals surface area contributed by atoms with E-state index < -0.39 is 0 Å². The molecule has 0 aliphatic carbocycles. The van der Waals surface area contributed by atoms with Crippen LogP contribution in [0.3, 0.4) is 0 Å². The van der Waals surface area contributed by atoms with Gasteiger partial charge in [0.05, 0.1) is 0 Å². The van der Waals surface area contributed by atoms with Crippen LogP contribution >= 0.6 is 0 Å². The van der Waals surface area contributed by atoms with Gasteiger partial charge < -0.3 is 5.32 Å². The number of pyridine rings is 1. The maximum Gasteiger partial charge on any atom is 0.0315 e. The van der Waals surface area contributed by atoms with Crippen LogP contribution in [-0.2, 0) is 0 Å². The molecule has 0 spiro atoms. The smallest absolute Gasteiger partial charge is 0.0315 e. The second-order valence-electron chi connectivity index (χ2n) is 5.03. The Bertz CT molecular complexity index is 297. The Morgan fingerprint density at radius 2 is 2.00 bits per heavy atom. The Kier molecular flexibility index (Phi) is 6.20. The van der Waals surface area contributed by atoms with Crippen LogP contribution in [0.1, 0.15) is 58.6 Å². The molecule has 1 heterocycles. The number of hydrogen-bond donors (Lipinski definition) is 1. The molecule has 96 valence electrons. The van der Waals surface area contributed by atoms with Crippen LogP contribution in [0.4, 0.5) is 0 Å². The first kappa shape index (κ1) is 14.2. The van der Waals surface area contributed by atoms with Gasteiger partial charge in [0, 0.05) is 24.5 Å². The number of hydrogen-bond acceptors (Lipinski definition) is 2. The molecule has 0 fully saturated rings. The van der Waals surface area contributed by atoms with E-state index in [1.165, 1.54) is 24.8 Å². The van der Waals surface area contributed by atoms with Gasteiger partial charge in [-0.1, -0.05) is 33.3 Å². The SMILES string of the molecule is CCC(C)CC(CC)N[C@H](C)c1cccnc1. The summed E-state index contributed by atoms with van der Waals surface area (Å²) < 4.78 is 0. The molecule has 0 saturated carbocycles. The van der Waals surface area contributed by atoms with Gasteiger partial charge in [0.1, 0.15) is 0 Å². The highest BCUT2D eigenvalue weighted by atomic mass is 14.9. The third kappa shape index (κ3) is 4.86. The van der Waals surface area contributed by atoms with E-state index >= 15 is 0 Å². The van der Waals surface area contributed by atoms with Crippen molar-refractivity contribution in [3.8, 4) is 0 Å². The summed E-state index contributed by atoms with van der Waals surface area (Å²) in [5, 5.41) is 3.71. The predicted octanol–water partition coefficient (Wildman–Crippen LogP) is 3.95. The van der Waals surface area contributed by atoms with E-state index in [1.807, 2.05) is 18.5 Å². The van der Waals surface area contributed by atoms with E-state index in [1.54, 1.807) is 0 Å². The van der Waals surface area contributed by atoms with Gasteiger partial charge in [-0.05, 0) is 37.3 Å². The Balaban J connectivity index is 2.50. The molecule has 1 rings (SSSR count). The maximum atomic E-state index is 4.18. The van der Waals surface area contributed by atoms with E-state index in [-0.39, 0.29) is 0 Å². The average molecular weight is 234 g/mol. The topological polar surface area (TPSA) is 24.9 Å². The van der Waals surface area contributed by atoms with Crippen LogP contribution in [0.2, 0.25) is 0 Å². The van der Waals surface area contributed by atoms with Gasteiger partial charge in [0.15, 0.2) is 0 Å². The zero-order valence-corrected chi connectivity index (χ0v) is 11.6. The molecule has 2 nitrogen and oxygen atoms in total. The van der Waals surface area contributed by atoms with Crippen LogP contribution in [0.15, 0.2) is 24.5 Å². The van der Waals surface area contributed by atoms with Crippen molar-refractivity contribution in [1.29, 1.82) is 0 Å². The molecule has 3 atom stereocenters. The summed E-state index contributed by atoms with van der Waals surface area (Å²) in [6, 6.07) is 5.14. The summed E-state index contributed by atoms with van der Waals surface area (Å²) in [6.45, 7) is 9.08. The van der Waals surface area contributed by atoms with Crippen LogP contribution in [0, 0.1) is 5.92 Å². The number of nitrogens with one attached hydrogen (secondary N) is 1. The standard InChI is InChI=1S/C15H26N2/c1-5-12(3)10-15(6-2)17-13(4)14-8-7-9-16-11-14/h7-9,11-13,15,17H,5-6,10H2,1-4H3/t12?,13-,15?/m1/s1. The Morgan fingerprint density at radius 3 is 2.53 bits per heavy atom. The van der Waals surface area contributed by atoms with E-state index in [0.29, 0.717) is 12.1 Å². The lowest BCUT2D eigenvalue weighted by Crippen LogP contribution is -2.32. The fraction of sp³-hybridized carbons (Fsp3) is 0.667. The molecule has 0 bridgehead atoms. The van der Waals surface area contributed by atoms with Crippen molar-refractivity contribution in [1.82, 2.24) is 10.3 Å². The summed E-state index contributed by atoms with van der Waals surface area (Å²) in [5.41, 5.74) is 1.27. The highest BCUT2D eigenvalue weighted by Crippen LogP contribution is 2.17. The highest BCUT2D eigenvalue weighted by Gasteiger charge is 2.14. The number of aromatic nitrogens is 1. The third-order valence-corrected chi connectivity index (χ3v) is 3.55. The molecule has 0 aliphatic rings. The lowest BCUT2D eigenvalue weighted by molar-refractivity contribution is 0.359. The Hall–Kier alpha value is -0.890. The van der Waals surface area contributed by atoms with Crippen LogP contribution in [0.5, 0.6) is 0 Å². The largest absolute Gasteiger partial charge is 0.307 e. The third-order valence-electron chi connectivity index (χ3n) is 3.55. The molecule has 1 N–H and O–H groups in total. The molecule has 0 amide bonds. The summed E-state index contributed by atoms with van der Waals surface area (Å²) in [4.78, 5) is 4.18. The van der Waals surface area contributed by atoms with Crippen molar-refractivity contribution in [3.63, 3.8) is 0 Å². The Morgan fingerprint density at radius 1 is 1.24 bits per heavy atom. The molecule has 1 aromatic heterocycles. The lowest BCUT2D eigenvalue weighted by atomic mass is 9.96. The van der Waals surface area contributed by atoms with Crippen molar-refractivity contribution in [2.75, 3.05) is 0 Å². The predicted molar refractivity (Wildman–Crippen MR) is 73.9 cm³/mol. The second-order valence-corrected chi connectivity index (χ2v) is 5.03. The van der Waals surface area contributed by atoms with Crippen molar-refractivity contribution >= 4 is 0 Å². The minimum Gasteiger partial charge on any atom is -0.307 e. The van der Waals surface area contributed by atoms with Crippen LogP contribution in [0.25, 0.3) is 0 Å². The van der Waals surface area contributed by atoms with Crippen molar-refractivity contribution < 1.29 is 0 Å². The van der Waals surface area contributed by atoms with E-state index in [2.05, 4.69) is 44.1 Å². The maximum absolute atomic E-state index is 4.18. The zero-order chi connectivity index (χ0) is 12.7. The summed E-state index contributed by atoms with van der Waals surface area (Å²) in [5.74, 6) is 0.800. The molecular weight excluding hydrogens is 208 g/mol. The van der Waals surface area contributed by atoms with Gasteiger partial charge >= 0.3 is 0 Å². The van der Waals surface area contributed by atoms with Gasteiger partial charge in [-0.15, -0.1) is 0 Å². The lowest BCUT2D eigenvalue weighted by Gasteiger charge is -2.24. The van der Waals surface area contributed by atoms with Crippen molar-refractivity contribution in [2.24, 2.45) is 5.92 Å². The van der Waals surface area contributed by atoms with Crippen LogP contribution < -0.4 is 5.32 Å². The Labute approximate surface area is 106 Å².